The molecular formula is C22H26N2O4. The third-order valence-electron chi connectivity index (χ3n) is 5.19. The molecule has 1 fully saturated rings. The quantitative estimate of drug-likeness (QED) is 0.769. The Bertz CT molecular complexity index is 803. The van der Waals surface area contributed by atoms with Crippen LogP contribution in [0.2, 0.25) is 0 Å². The van der Waals surface area contributed by atoms with E-state index < -0.39 is 6.10 Å². The Kier molecular flexibility index (Phi) is 5.67. The first-order valence-electron chi connectivity index (χ1n) is 9.84. The fraction of sp³-hybridized carbons (Fsp3) is 0.409. The highest BCUT2D eigenvalue weighted by Gasteiger charge is 2.28. The summed E-state index contributed by atoms with van der Waals surface area (Å²) < 4.78 is 16.7. The summed E-state index contributed by atoms with van der Waals surface area (Å²) in [6.07, 6.45) is 0.230. The lowest BCUT2D eigenvalue weighted by atomic mass is 10.1. The SMILES string of the molecule is CC[C@@H](Oc1ccccc1)C(=O)N1CCN(Cc2ccc3c(c2)OCO3)CC1. The molecule has 28 heavy (non-hydrogen) atoms. The van der Waals surface area contributed by atoms with Gasteiger partial charge in [-0.25, -0.2) is 0 Å². The summed E-state index contributed by atoms with van der Waals surface area (Å²) in [5.74, 6) is 2.44. The van der Waals surface area contributed by atoms with Gasteiger partial charge in [0.2, 0.25) is 6.79 Å². The van der Waals surface area contributed by atoms with Crippen molar-refractivity contribution in [1.29, 1.82) is 0 Å². The zero-order chi connectivity index (χ0) is 19.3. The van der Waals surface area contributed by atoms with Crippen molar-refractivity contribution in [2.75, 3.05) is 33.0 Å². The summed E-state index contributed by atoms with van der Waals surface area (Å²) in [6, 6.07) is 15.6. The minimum Gasteiger partial charge on any atom is -0.481 e. The first-order valence-corrected chi connectivity index (χ1v) is 9.84. The zero-order valence-electron chi connectivity index (χ0n) is 16.2. The van der Waals surface area contributed by atoms with Gasteiger partial charge in [0, 0.05) is 32.7 Å². The molecule has 0 spiro atoms. The largest absolute Gasteiger partial charge is 0.481 e. The number of ether oxygens (including phenoxy) is 3. The minimum atomic E-state index is -0.428. The van der Waals surface area contributed by atoms with Gasteiger partial charge in [-0.15, -0.1) is 0 Å². The van der Waals surface area contributed by atoms with Gasteiger partial charge in [-0.05, 0) is 36.2 Å². The highest BCUT2D eigenvalue weighted by molar-refractivity contribution is 5.81. The van der Waals surface area contributed by atoms with Gasteiger partial charge < -0.3 is 19.1 Å². The molecule has 2 aromatic carbocycles. The van der Waals surface area contributed by atoms with Gasteiger partial charge in [0.15, 0.2) is 17.6 Å². The summed E-state index contributed by atoms with van der Waals surface area (Å²) in [6.45, 7) is 6.26. The smallest absolute Gasteiger partial charge is 0.263 e. The number of hydrogen-bond acceptors (Lipinski definition) is 5. The zero-order valence-corrected chi connectivity index (χ0v) is 16.2. The number of fused-ring (bicyclic) bond motifs is 1. The maximum absolute atomic E-state index is 12.9. The maximum atomic E-state index is 12.9. The molecule has 1 saturated heterocycles. The van der Waals surface area contributed by atoms with Crippen LogP contribution in [0.25, 0.3) is 0 Å². The van der Waals surface area contributed by atoms with Crippen LogP contribution in [0, 0.1) is 0 Å². The van der Waals surface area contributed by atoms with Gasteiger partial charge in [-0.1, -0.05) is 31.2 Å². The van der Waals surface area contributed by atoms with Crippen LogP contribution in [0.4, 0.5) is 0 Å². The highest BCUT2D eigenvalue weighted by Crippen LogP contribution is 2.32. The molecule has 0 saturated carbocycles. The van der Waals surface area contributed by atoms with E-state index >= 15 is 0 Å². The Morgan fingerprint density at radius 2 is 1.79 bits per heavy atom. The summed E-state index contributed by atoms with van der Waals surface area (Å²) in [4.78, 5) is 17.2. The topological polar surface area (TPSA) is 51.2 Å². The summed E-state index contributed by atoms with van der Waals surface area (Å²) in [5, 5.41) is 0. The Balaban J connectivity index is 1.30. The lowest BCUT2D eigenvalue weighted by molar-refractivity contribution is -0.140. The van der Waals surface area contributed by atoms with Crippen molar-refractivity contribution >= 4 is 5.91 Å². The first kappa shape index (κ1) is 18.6. The van der Waals surface area contributed by atoms with Gasteiger partial charge in [0.25, 0.3) is 5.91 Å². The van der Waals surface area contributed by atoms with E-state index in [4.69, 9.17) is 14.2 Å². The van der Waals surface area contributed by atoms with Crippen molar-refractivity contribution in [2.24, 2.45) is 0 Å². The van der Waals surface area contributed by atoms with E-state index in [-0.39, 0.29) is 5.91 Å². The van der Waals surface area contributed by atoms with Crippen molar-refractivity contribution < 1.29 is 19.0 Å². The molecule has 1 atom stereocenters. The van der Waals surface area contributed by atoms with E-state index in [2.05, 4.69) is 11.0 Å². The lowest BCUT2D eigenvalue weighted by Gasteiger charge is -2.36. The van der Waals surface area contributed by atoms with Crippen LogP contribution >= 0.6 is 0 Å². The molecule has 0 N–H and O–H groups in total. The van der Waals surface area contributed by atoms with Gasteiger partial charge in [0.05, 0.1) is 0 Å². The molecule has 2 heterocycles. The second kappa shape index (κ2) is 8.52. The van der Waals surface area contributed by atoms with Crippen LogP contribution in [0.3, 0.4) is 0 Å². The highest BCUT2D eigenvalue weighted by atomic mass is 16.7. The molecule has 6 heteroatoms. The molecule has 0 aliphatic carbocycles. The number of hydrogen-bond donors (Lipinski definition) is 0. The number of carbonyl (C=O) groups is 1. The summed E-state index contributed by atoms with van der Waals surface area (Å²) in [7, 11) is 0. The van der Waals surface area contributed by atoms with E-state index in [0.717, 1.165) is 50.0 Å². The van der Waals surface area contributed by atoms with Crippen LogP contribution < -0.4 is 14.2 Å². The number of carbonyl (C=O) groups excluding carboxylic acids is 1. The van der Waals surface area contributed by atoms with Crippen LogP contribution in [0.5, 0.6) is 17.2 Å². The van der Waals surface area contributed by atoms with Gasteiger partial charge in [-0.3, -0.25) is 9.69 Å². The van der Waals surface area contributed by atoms with Crippen molar-refractivity contribution in [3.63, 3.8) is 0 Å². The molecule has 4 rings (SSSR count). The maximum Gasteiger partial charge on any atom is 0.263 e. The normalized spacial score (nSPS) is 17.4. The number of para-hydroxylation sites is 1. The van der Waals surface area contributed by atoms with Crippen molar-refractivity contribution in [3.8, 4) is 17.2 Å². The monoisotopic (exact) mass is 382 g/mol. The third-order valence-corrected chi connectivity index (χ3v) is 5.19. The Morgan fingerprint density at radius 1 is 1.04 bits per heavy atom. The summed E-state index contributed by atoms with van der Waals surface area (Å²) in [5.41, 5.74) is 1.20. The average molecular weight is 382 g/mol. The molecule has 2 aliphatic heterocycles. The van der Waals surface area contributed by atoms with Gasteiger partial charge in [-0.2, -0.15) is 0 Å². The van der Waals surface area contributed by atoms with Crippen LogP contribution in [-0.2, 0) is 11.3 Å². The predicted molar refractivity (Wildman–Crippen MR) is 106 cm³/mol. The fourth-order valence-corrected chi connectivity index (χ4v) is 3.60. The molecular weight excluding hydrogens is 356 g/mol. The Hall–Kier alpha value is -2.73. The molecule has 0 aromatic heterocycles. The molecule has 148 valence electrons. The van der Waals surface area contributed by atoms with E-state index in [1.54, 1.807) is 0 Å². The fourth-order valence-electron chi connectivity index (χ4n) is 3.60. The van der Waals surface area contributed by atoms with Gasteiger partial charge in [0.1, 0.15) is 5.75 Å². The van der Waals surface area contributed by atoms with E-state index in [1.165, 1.54) is 5.56 Å². The second-order valence-electron chi connectivity index (χ2n) is 7.12. The summed E-state index contributed by atoms with van der Waals surface area (Å²) >= 11 is 0. The van der Waals surface area contributed by atoms with Crippen LogP contribution in [0.1, 0.15) is 18.9 Å². The van der Waals surface area contributed by atoms with Gasteiger partial charge >= 0.3 is 0 Å². The van der Waals surface area contributed by atoms with Crippen LogP contribution in [0.15, 0.2) is 48.5 Å². The van der Waals surface area contributed by atoms with Crippen LogP contribution in [-0.4, -0.2) is 54.8 Å². The van der Waals surface area contributed by atoms with Crippen molar-refractivity contribution in [1.82, 2.24) is 9.80 Å². The van der Waals surface area contributed by atoms with Crippen molar-refractivity contribution in [3.05, 3.63) is 54.1 Å². The second-order valence-corrected chi connectivity index (χ2v) is 7.12. The Labute approximate surface area is 165 Å². The molecule has 1 amide bonds. The van der Waals surface area contributed by atoms with Crippen molar-refractivity contribution in [2.45, 2.75) is 26.0 Å². The number of rotatable bonds is 6. The average Bonchev–Trinajstić information content (AvgIpc) is 3.21. The van der Waals surface area contributed by atoms with E-state index in [1.807, 2.05) is 54.3 Å². The molecule has 6 nitrogen and oxygen atoms in total. The first-order chi connectivity index (χ1) is 13.7. The molecule has 0 bridgehead atoms. The van der Waals surface area contributed by atoms with E-state index in [0.29, 0.717) is 13.2 Å². The molecule has 2 aromatic rings. The standard InChI is InChI=1S/C22H26N2O4/c1-2-19(28-18-6-4-3-5-7-18)22(25)24-12-10-23(11-13-24)15-17-8-9-20-21(14-17)27-16-26-20/h3-9,14,19H,2,10-13,15-16H2,1H3/t19-/m1/s1. The Morgan fingerprint density at radius 3 is 2.54 bits per heavy atom. The van der Waals surface area contributed by atoms with E-state index in [9.17, 15) is 4.79 Å². The lowest BCUT2D eigenvalue weighted by Crippen LogP contribution is -2.52. The minimum absolute atomic E-state index is 0.0779. The number of benzene rings is 2. The predicted octanol–water partition coefficient (Wildman–Crippen LogP) is 2.92. The number of piperazine rings is 1. The molecule has 0 radical (unpaired) electrons. The molecule has 2 aliphatic rings. The molecule has 0 unspecified atom stereocenters. The number of amides is 1. The third kappa shape index (κ3) is 4.22. The number of nitrogens with zero attached hydrogens (tertiary/aromatic N) is 2.